The summed E-state index contributed by atoms with van der Waals surface area (Å²) in [4.78, 5) is 0. The Morgan fingerprint density at radius 3 is 2.67 bits per heavy atom. The summed E-state index contributed by atoms with van der Waals surface area (Å²) in [6, 6.07) is 9.99. The first-order valence-corrected chi connectivity index (χ1v) is 6.28. The highest BCUT2D eigenvalue weighted by Crippen LogP contribution is 2.15. The lowest BCUT2D eigenvalue weighted by atomic mass is 10.1. The third-order valence-corrected chi connectivity index (χ3v) is 2.67. The standard InChI is InChI=1S/C14H23NO3/c1-12(13-6-4-3-5-7-13)18-11-14(16)10-15-8-9-17-2/h3-7,12,14-16H,8-11H2,1-2H3/t12-,14+/m0/s1. The number of aliphatic hydroxyl groups excluding tert-OH is 1. The van der Waals surface area contributed by atoms with Crippen LogP contribution in [0.2, 0.25) is 0 Å². The molecule has 0 amide bonds. The monoisotopic (exact) mass is 253 g/mol. The van der Waals surface area contributed by atoms with E-state index in [9.17, 15) is 5.11 Å². The number of nitrogens with one attached hydrogen (secondary N) is 1. The van der Waals surface area contributed by atoms with E-state index in [1.54, 1.807) is 7.11 Å². The van der Waals surface area contributed by atoms with Gasteiger partial charge in [0.2, 0.25) is 0 Å². The number of benzene rings is 1. The van der Waals surface area contributed by atoms with Crippen LogP contribution in [0.15, 0.2) is 30.3 Å². The Kier molecular flexibility index (Phi) is 7.60. The van der Waals surface area contributed by atoms with Crippen molar-refractivity contribution in [3.8, 4) is 0 Å². The molecule has 0 aliphatic heterocycles. The maximum Gasteiger partial charge on any atom is 0.0897 e. The van der Waals surface area contributed by atoms with E-state index in [4.69, 9.17) is 9.47 Å². The molecular formula is C14H23NO3. The lowest BCUT2D eigenvalue weighted by Crippen LogP contribution is -2.32. The zero-order valence-electron chi connectivity index (χ0n) is 11.1. The molecule has 0 fully saturated rings. The third-order valence-electron chi connectivity index (χ3n) is 2.67. The van der Waals surface area contributed by atoms with Crippen LogP contribution in [0.3, 0.4) is 0 Å². The Balaban J connectivity index is 2.16. The maximum absolute atomic E-state index is 9.72. The lowest BCUT2D eigenvalue weighted by molar-refractivity contribution is -0.00237. The summed E-state index contributed by atoms with van der Waals surface area (Å²) in [6.45, 7) is 4.22. The molecule has 1 aromatic rings. The van der Waals surface area contributed by atoms with Crippen molar-refractivity contribution in [3.05, 3.63) is 35.9 Å². The molecule has 1 aromatic carbocycles. The van der Waals surface area contributed by atoms with Crippen molar-refractivity contribution in [3.63, 3.8) is 0 Å². The molecule has 4 heteroatoms. The molecule has 0 unspecified atom stereocenters. The van der Waals surface area contributed by atoms with Crippen LogP contribution in [0.4, 0.5) is 0 Å². The number of hydrogen-bond acceptors (Lipinski definition) is 4. The quantitative estimate of drug-likeness (QED) is 0.653. The average Bonchev–Trinajstić information content (AvgIpc) is 2.42. The summed E-state index contributed by atoms with van der Waals surface area (Å²) in [5, 5.41) is 12.8. The molecule has 0 aliphatic rings. The molecule has 102 valence electrons. The minimum atomic E-state index is -0.493. The van der Waals surface area contributed by atoms with Gasteiger partial charge in [0.1, 0.15) is 0 Å². The Bertz CT molecular complexity index is 305. The van der Waals surface area contributed by atoms with Crippen molar-refractivity contribution in [1.29, 1.82) is 0 Å². The van der Waals surface area contributed by atoms with E-state index in [1.807, 2.05) is 37.3 Å². The van der Waals surface area contributed by atoms with E-state index in [1.165, 1.54) is 0 Å². The summed E-state index contributed by atoms with van der Waals surface area (Å²) in [6.07, 6.45) is -0.493. The molecule has 2 N–H and O–H groups in total. The van der Waals surface area contributed by atoms with E-state index in [2.05, 4.69) is 5.32 Å². The highest BCUT2D eigenvalue weighted by atomic mass is 16.5. The molecule has 0 saturated carbocycles. The van der Waals surface area contributed by atoms with Crippen LogP contribution in [0, 0.1) is 0 Å². The van der Waals surface area contributed by atoms with Crippen molar-refractivity contribution in [1.82, 2.24) is 5.32 Å². The van der Waals surface area contributed by atoms with Gasteiger partial charge < -0.3 is 19.9 Å². The Hall–Kier alpha value is -0.940. The normalized spacial score (nSPS) is 14.4. The Labute approximate surface area is 109 Å². The number of ether oxygens (including phenoxy) is 2. The summed E-state index contributed by atoms with van der Waals surface area (Å²) < 4.78 is 10.5. The fourth-order valence-corrected chi connectivity index (χ4v) is 1.58. The summed E-state index contributed by atoms with van der Waals surface area (Å²) in [5.41, 5.74) is 1.12. The maximum atomic E-state index is 9.72. The van der Waals surface area contributed by atoms with Gasteiger partial charge in [0.05, 0.1) is 25.4 Å². The van der Waals surface area contributed by atoms with E-state index in [0.29, 0.717) is 19.8 Å². The van der Waals surface area contributed by atoms with Gasteiger partial charge in [-0.25, -0.2) is 0 Å². The van der Waals surface area contributed by atoms with Gasteiger partial charge in [-0.2, -0.15) is 0 Å². The van der Waals surface area contributed by atoms with Gasteiger partial charge in [0.15, 0.2) is 0 Å². The predicted molar refractivity (Wildman–Crippen MR) is 71.6 cm³/mol. The second-order valence-electron chi connectivity index (χ2n) is 4.24. The zero-order valence-corrected chi connectivity index (χ0v) is 11.1. The van der Waals surface area contributed by atoms with Gasteiger partial charge in [0.25, 0.3) is 0 Å². The average molecular weight is 253 g/mol. The van der Waals surface area contributed by atoms with Crippen LogP contribution >= 0.6 is 0 Å². The first-order valence-electron chi connectivity index (χ1n) is 6.28. The van der Waals surface area contributed by atoms with Crippen LogP contribution in [-0.4, -0.2) is 44.6 Å². The molecule has 0 radical (unpaired) electrons. The number of aliphatic hydroxyl groups is 1. The Morgan fingerprint density at radius 1 is 1.28 bits per heavy atom. The van der Waals surface area contributed by atoms with Crippen LogP contribution in [0.1, 0.15) is 18.6 Å². The first kappa shape index (κ1) is 15.1. The van der Waals surface area contributed by atoms with Crippen LogP contribution < -0.4 is 5.32 Å². The van der Waals surface area contributed by atoms with Crippen LogP contribution in [0.25, 0.3) is 0 Å². The second-order valence-corrected chi connectivity index (χ2v) is 4.24. The van der Waals surface area contributed by atoms with E-state index < -0.39 is 6.10 Å². The van der Waals surface area contributed by atoms with Gasteiger partial charge in [-0.05, 0) is 12.5 Å². The van der Waals surface area contributed by atoms with Crippen LogP contribution in [0.5, 0.6) is 0 Å². The van der Waals surface area contributed by atoms with Crippen LogP contribution in [-0.2, 0) is 9.47 Å². The Morgan fingerprint density at radius 2 is 2.00 bits per heavy atom. The fraction of sp³-hybridized carbons (Fsp3) is 0.571. The first-order chi connectivity index (χ1) is 8.74. The summed E-state index contributed by atoms with van der Waals surface area (Å²) in [5.74, 6) is 0. The molecule has 0 saturated heterocycles. The van der Waals surface area contributed by atoms with Crippen molar-refractivity contribution in [2.75, 3.05) is 33.4 Å². The van der Waals surface area contributed by atoms with E-state index in [0.717, 1.165) is 12.1 Å². The van der Waals surface area contributed by atoms with Crippen molar-refractivity contribution < 1.29 is 14.6 Å². The topological polar surface area (TPSA) is 50.7 Å². The minimum absolute atomic E-state index is 0.000162. The van der Waals surface area contributed by atoms with Gasteiger partial charge >= 0.3 is 0 Å². The molecular weight excluding hydrogens is 230 g/mol. The second kappa shape index (κ2) is 9.05. The predicted octanol–water partition coefficient (Wildman–Crippen LogP) is 1.36. The molecule has 0 bridgehead atoms. The molecule has 2 atom stereocenters. The van der Waals surface area contributed by atoms with Crippen molar-refractivity contribution >= 4 is 0 Å². The molecule has 0 aromatic heterocycles. The van der Waals surface area contributed by atoms with Gasteiger partial charge in [-0.1, -0.05) is 30.3 Å². The summed E-state index contributed by atoms with van der Waals surface area (Å²) in [7, 11) is 1.66. The molecule has 4 nitrogen and oxygen atoms in total. The molecule has 18 heavy (non-hydrogen) atoms. The fourth-order valence-electron chi connectivity index (χ4n) is 1.58. The number of methoxy groups -OCH3 is 1. The third kappa shape index (κ3) is 6.12. The van der Waals surface area contributed by atoms with Crippen molar-refractivity contribution in [2.24, 2.45) is 0 Å². The molecule has 0 aliphatic carbocycles. The summed E-state index contributed by atoms with van der Waals surface area (Å²) >= 11 is 0. The number of hydrogen-bond donors (Lipinski definition) is 2. The zero-order chi connectivity index (χ0) is 13.2. The highest BCUT2D eigenvalue weighted by Gasteiger charge is 2.09. The van der Waals surface area contributed by atoms with E-state index >= 15 is 0 Å². The molecule has 0 spiro atoms. The SMILES string of the molecule is COCCNC[C@@H](O)CO[C@@H](C)c1ccccc1. The highest BCUT2D eigenvalue weighted by molar-refractivity contribution is 5.16. The van der Waals surface area contributed by atoms with Gasteiger partial charge in [-0.15, -0.1) is 0 Å². The minimum Gasteiger partial charge on any atom is -0.389 e. The number of rotatable bonds is 9. The largest absolute Gasteiger partial charge is 0.389 e. The lowest BCUT2D eigenvalue weighted by Gasteiger charge is -2.17. The molecule has 1 rings (SSSR count). The van der Waals surface area contributed by atoms with Gasteiger partial charge in [0, 0.05) is 20.2 Å². The van der Waals surface area contributed by atoms with Crippen molar-refractivity contribution in [2.45, 2.75) is 19.1 Å². The molecule has 0 heterocycles. The smallest absolute Gasteiger partial charge is 0.0897 e. The van der Waals surface area contributed by atoms with E-state index in [-0.39, 0.29) is 6.10 Å². The van der Waals surface area contributed by atoms with Gasteiger partial charge in [-0.3, -0.25) is 0 Å².